The number of nitrogens with zero attached hydrogens (tertiary/aromatic N) is 1. The van der Waals surface area contributed by atoms with Crippen molar-refractivity contribution in [1.29, 1.82) is 0 Å². The van der Waals surface area contributed by atoms with Crippen LogP contribution in [0.5, 0.6) is 0 Å². The number of amides is 2. The Bertz CT molecular complexity index is 780. The number of anilines is 1. The van der Waals surface area contributed by atoms with Gasteiger partial charge in [0.25, 0.3) is 5.91 Å². The Kier molecular flexibility index (Phi) is 4.70. The lowest BCUT2D eigenvalue weighted by Crippen LogP contribution is -2.25. The summed E-state index contributed by atoms with van der Waals surface area (Å²) >= 11 is 0. The van der Waals surface area contributed by atoms with Gasteiger partial charge in [-0.25, -0.2) is 0 Å². The lowest BCUT2D eigenvalue weighted by atomic mass is 10.1. The summed E-state index contributed by atoms with van der Waals surface area (Å²) in [6, 6.07) is 11.1. The van der Waals surface area contributed by atoms with Crippen LogP contribution in [-0.2, 0) is 4.79 Å². The average Bonchev–Trinajstić information content (AvgIpc) is 3.40. The first-order chi connectivity index (χ1) is 11.6. The zero-order chi connectivity index (χ0) is 16.9. The van der Waals surface area contributed by atoms with Crippen LogP contribution in [0.4, 0.5) is 5.69 Å². The molecule has 0 unspecified atom stereocenters. The molecule has 1 aromatic heterocycles. The van der Waals surface area contributed by atoms with E-state index in [1.165, 1.54) is 6.08 Å². The van der Waals surface area contributed by atoms with E-state index in [0.29, 0.717) is 23.0 Å². The maximum atomic E-state index is 12.1. The molecule has 1 fully saturated rings. The first kappa shape index (κ1) is 15.9. The fourth-order valence-corrected chi connectivity index (χ4v) is 2.20. The second-order valence-electron chi connectivity index (χ2n) is 5.85. The van der Waals surface area contributed by atoms with Gasteiger partial charge in [0.15, 0.2) is 0 Å². The summed E-state index contributed by atoms with van der Waals surface area (Å²) in [7, 11) is 0. The number of pyridine rings is 1. The Morgan fingerprint density at radius 3 is 2.75 bits per heavy atom. The van der Waals surface area contributed by atoms with Gasteiger partial charge in [-0.15, -0.1) is 0 Å². The van der Waals surface area contributed by atoms with Crippen molar-refractivity contribution in [3.8, 4) is 0 Å². The van der Waals surface area contributed by atoms with E-state index in [-0.39, 0.29) is 11.8 Å². The predicted octanol–water partition coefficient (Wildman–Crippen LogP) is 2.93. The molecule has 0 aliphatic heterocycles. The number of carbonyl (C=O) groups excluding carboxylic acids is 2. The van der Waals surface area contributed by atoms with Gasteiger partial charge in [0.1, 0.15) is 0 Å². The molecule has 5 heteroatoms. The van der Waals surface area contributed by atoms with E-state index in [1.807, 2.05) is 31.2 Å². The molecule has 1 aliphatic carbocycles. The van der Waals surface area contributed by atoms with Crippen molar-refractivity contribution >= 4 is 23.6 Å². The average molecular weight is 321 g/mol. The minimum atomic E-state index is -0.261. The Balaban J connectivity index is 1.68. The van der Waals surface area contributed by atoms with Crippen LogP contribution < -0.4 is 10.6 Å². The molecule has 24 heavy (non-hydrogen) atoms. The van der Waals surface area contributed by atoms with Crippen molar-refractivity contribution in [2.45, 2.75) is 25.8 Å². The molecule has 0 radical (unpaired) electrons. The van der Waals surface area contributed by atoms with Crippen LogP contribution in [0.25, 0.3) is 6.08 Å². The molecule has 122 valence electrons. The smallest absolute Gasteiger partial charge is 0.251 e. The van der Waals surface area contributed by atoms with E-state index < -0.39 is 0 Å². The largest absolute Gasteiger partial charge is 0.349 e. The first-order valence-electron chi connectivity index (χ1n) is 7.93. The molecule has 0 atom stereocenters. The van der Waals surface area contributed by atoms with Crippen molar-refractivity contribution in [2.75, 3.05) is 5.32 Å². The highest BCUT2D eigenvalue weighted by molar-refractivity contribution is 6.03. The molecular weight excluding hydrogens is 302 g/mol. The number of benzene rings is 1. The lowest BCUT2D eigenvalue weighted by molar-refractivity contribution is -0.111. The molecule has 1 saturated carbocycles. The van der Waals surface area contributed by atoms with Gasteiger partial charge in [0.2, 0.25) is 5.91 Å². The summed E-state index contributed by atoms with van der Waals surface area (Å²) in [5, 5.41) is 5.75. The fourth-order valence-electron chi connectivity index (χ4n) is 2.20. The van der Waals surface area contributed by atoms with Gasteiger partial charge < -0.3 is 10.6 Å². The lowest BCUT2D eigenvalue weighted by Gasteiger charge is -2.09. The highest BCUT2D eigenvalue weighted by Gasteiger charge is 2.23. The van der Waals surface area contributed by atoms with Gasteiger partial charge in [-0.1, -0.05) is 12.1 Å². The zero-order valence-corrected chi connectivity index (χ0v) is 13.5. The number of hydrogen-bond donors (Lipinski definition) is 2. The summed E-state index contributed by atoms with van der Waals surface area (Å²) in [6.45, 7) is 1.89. The molecule has 3 rings (SSSR count). The molecule has 2 N–H and O–H groups in total. The summed E-state index contributed by atoms with van der Waals surface area (Å²) in [4.78, 5) is 28.3. The molecule has 0 bridgehead atoms. The van der Waals surface area contributed by atoms with Crippen molar-refractivity contribution in [1.82, 2.24) is 10.3 Å². The van der Waals surface area contributed by atoms with Crippen molar-refractivity contribution < 1.29 is 9.59 Å². The molecule has 5 nitrogen and oxygen atoms in total. The molecule has 0 saturated heterocycles. The summed E-state index contributed by atoms with van der Waals surface area (Å²) in [5.74, 6) is -0.361. The number of aryl methyl sites for hydroxylation is 1. The van der Waals surface area contributed by atoms with Gasteiger partial charge >= 0.3 is 0 Å². The monoisotopic (exact) mass is 321 g/mol. The van der Waals surface area contributed by atoms with E-state index in [2.05, 4.69) is 15.6 Å². The first-order valence-corrected chi connectivity index (χ1v) is 7.93. The number of rotatable bonds is 5. The van der Waals surface area contributed by atoms with Crippen LogP contribution in [0.1, 0.15) is 34.5 Å². The number of aromatic nitrogens is 1. The van der Waals surface area contributed by atoms with Crippen LogP contribution >= 0.6 is 0 Å². The Morgan fingerprint density at radius 2 is 2.04 bits per heavy atom. The molecule has 0 spiro atoms. The minimum Gasteiger partial charge on any atom is -0.349 e. The zero-order valence-electron chi connectivity index (χ0n) is 13.5. The predicted molar refractivity (Wildman–Crippen MR) is 93.6 cm³/mol. The molecule has 2 aromatic rings. The second-order valence-corrected chi connectivity index (χ2v) is 5.85. The van der Waals surface area contributed by atoms with Gasteiger partial charge in [-0.2, -0.15) is 0 Å². The van der Waals surface area contributed by atoms with E-state index >= 15 is 0 Å². The highest BCUT2D eigenvalue weighted by Crippen LogP contribution is 2.21. The van der Waals surface area contributed by atoms with Crippen LogP contribution in [-0.4, -0.2) is 22.8 Å². The van der Waals surface area contributed by atoms with Crippen LogP contribution in [0.15, 0.2) is 48.7 Å². The van der Waals surface area contributed by atoms with Crippen LogP contribution in [0, 0.1) is 6.92 Å². The normalized spacial score (nSPS) is 13.7. The standard InChI is InChI=1S/C19H19N3O2/c1-13-5-6-14(19(24)21-16-7-8-16)12-17(13)22-18(23)10-9-15-4-2-3-11-20-15/h2-6,9-12,16H,7-8H2,1H3,(H,21,24)(H,22,23)/b10-9+. The second kappa shape index (κ2) is 7.08. The molecule has 1 aliphatic rings. The fraction of sp³-hybridized carbons (Fsp3) is 0.211. The third-order valence-electron chi connectivity index (χ3n) is 3.76. The quantitative estimate of drug-likeness (QED) is 0.832. The Morgan fingerprint density at radius 1 is 1.21 bits per heavy atom. The van der Waals surface area contributed by atoms with Gasteiger partial charge in [-0.05, 0) is 55.7 Å². The maximum Gasteiger partial charge on any atom is 0.251 e. The maximum absolute atomic E-state index is 12.1. The SMILES string of the molecule is Cc1ccc(C(=O)NC2CC2)cc1NC(=O)/C=C/c1ccccn1. The highest BCUT2D eigenvalue weighted by atomic mass is 16.2. The van der Waals surface area contributed by atoms with Gasteiger partial charge in [0.05, 0.1) is 5.69 Å². The molecule has 1 aromatic carbocycles. The minimum absolute atomic E-state index is 0.1000. The summed E-state index contributed by atoms with van der Waals surface area (Å²) < 4.78 is 0. The van der Waals surface area contributed by atoms with E-state index in [4.69, 9.17) is 0 Å². The van der Waals surface area contributed by atoms with E-state index in [0.717, 1.165) is 18.4 Å². The molecule has 1 heterocycles. The third-order valence-corrected chi connectivity index (χ3v) is 3.76. The van der Waals surface area contributed by atoms with Gasteiger partial charge in [0, 0.05) is 29.6 Å². The van der Waals surface area contributed by atoms with Gasteiger partial charge in [-0.3, -0.25) is 14.6 Å². The third kappa shape index (κ3) is 4.29. The number of hydrogen-bond acceptors (Lipinski definition) is 3. The van der Waals surface area contributed by atoms with Crippen LogP contribution in [0.3, 0.4) is 0 Å². The van der Waals surface area contributed by atoms with E-state index in [9.17, 15) is 9.59 Å². The van der Waals surface area contributed by atoms with Crippen molar-refractivity contribution in [3.05, 3.63) is 65.5 Å². The van der Waals surface area contributed by atoms with Crippen LogP contribution in [0.2, 0.25) is 0 Å². The summed E-state index contributed by atoms with van der Waals surface area (Å²) in [5.41, 5.74) is 2.80. The summed E-state index contributed by atoms with van der Waals surface area (Å²) in [6.07, 6.45) is 6.83. The number of nitrogens with one attached hydrogen (secondary N) is 2. The van der Waals surface area contributed by atoms with Crippen molar-refractivity contribution in [2.24, 2.45) is 0 Å². The number of carbonyl (C=O) groups is 2. The van der Waals surface area contributed by atoms with Crippen molar-refractivity contribution in [3.63, 3.8) is 0 Å². The Labute approximate surface area is 140 Å². The molecule has 2 amide bonds. The topological polar surface area (TPSA) is 71.1 Å². The van der Waals surface area contributed by atoms with E-state index in [1.54, 1.807) is 24.4 Å². The molecular formula is C19H19N3O2. The Hall–Kier alpha value is -2.95.